The maximum Gasteiger partial charge on any atom is 0.372 e. The van der Waals surface area contributed by atoms with Gasteiger partial charge in [-0.25, -0.2) is 9.78 Å². The van der Waals surface area contributed by atoms with Crippen LogP contribution < -0.4 is 5.73 Å². The molecule has 78 valence electrons. The molecule has 0 atom stereocenters. The summed E-state index contributed by atoms with van der Waals surface area (Å²) in [5.74, 6) is -1.44. The third-order valence-corrected chi connectivity index (χ3v) is 2.23. The minimum absolute atomic E-state index is 0.0572. The lowest BCUT2D eigenvalue weighted by atomic mass is 10.2. The zero-order chi connectivity index (χ0) is 11.2. The summed E-state index contributed by atoms with van der Waals surface area (Å²) >= 11 is 5.80. The van der Waals surface area contributed by atoms with E-state index in [1.54, 1.807) is 6.92 Å². The fraction of sp³-hybridized carbons (Fsp3) is 0.125. The van der Waals surface area contributed by atoms with Crippen LogP contribution in [0.4, 0.5) is 5.95 Å². The van der Waals surface area contributed by atoms with E-state index in [0.717, 1.165) is 0 Å². The Bertz CT molecular complexity index is 564. The van der Waals surface area contributed by atoms with Crippen LogP contribution in [0.5, 0.6) is 0 Å². The van der Waals surface area contributed by atoms with Gasteiger partial charge in [-0.2, -0.15) is 4.98 Å². The van der Waals surface area contributed by atoms with Crippen LogP contribution in [-0.2, 0) is 0 Å². The minimum Gasteiger partial charge on any atom is -0.475 e. The summed E-state index contributed by atoms with van der Waals surface area (Å²) in [7, 11) is 0. The van der Waals surface area contributed by atoms with E-state index in [1.807, 2.05) is 0 Å². The highest BCUT2D eigenvalue weighted by molar-refractivity contribution is 6.34. The van der Waals surface area contributed by atoms with Crippen molar-refractivity contribution in [2.45, 2.75) is 6.92 Å². The number of carbonyl (C=O) groups is 1. The number of nitrogens with two attached hydrogens (primary N) is 1. The van der Waals surface area contributed by atoms with Gasteiger partial charge in [-0.3, -0.25) is 0 Å². The van der Waals surface area contributed by atoms with E-state index >= 15 is 0 Å². The van der Waals surface area contributed by atoms with Crippen molar-refractivity contribution < 1.29 is 14.3 Å². The zero-order valence-electron chi connectivity index (χ0n) is 7.61. The number of carboxylic acids is 1. The predicted octanol–water partition coefficient (Wildman–Crippen LogP) is 1.47. The van der Waals surface area contributed by atoms with Crippen molar-refractivity contribution in [2.75, 3.05) is 5.73 Å². The number of hydrogen-bond donors (Lipinski definition) is 2. The molecule has 0 fully saturated rings. The first-order chi connectivity index (χ1) is 7.00. The Morgan fingerprint density at radius 2 is 2.20 bits per heavy atom. The lowest BCUT2D eigenvalue weighted by molar-refractivity contribution is 0.0663. The van der Waals surface area contributed by atoms with E-state index < -0.39 is 5.97 Å². The number of aromatic carboxylic acids is 1. The van der Waals surface area contributed by atoms with Crippen molar-refractivity contribution in [3.05, 3.63) is 16.5 Å². The van der Waals surface area contributed by atoms with Gasteiger partial charge in [0.1, 0.15) is 5.15 Å². The largest absolute Gasteiger partial charge is 0.475 e. The predicted molar refractivity (Wildman–Crippen MR) is 52.9 cm³/mol. The van der Waals surface area contributed by atoms with E-state index in [1.165, 1.54) is 0 Å². The second-order valence-corrected chi connectivity index (χ2v) is 3.27. The molecule has 2 aromatic rings. The van der Waals surface area contributed by atoms with Crippen molar-refractivity contribution in [1.29, 1.82) is 0 Å². The highest BCUT2D eigenvalue weighted by atomic mass is 35.5. The number of nitrogen functional groups attached to an aromatic ring is 1. The van der Waals surface area contributed by atoms with E-state index in [4.69, 9.17) is 26.9 Å². The number of hydrogen-bond acceptors (Lipinski definition) is 5. The minimum atomic E-state index is -1.18. The van der Waals surface area contributed by atoms with Gasteiger partial charge in [0, 0.05) is 5.56 Å². The Morgan fingerprint density at radius 3 is 2.80 bits per heavy atom. The molecule has 0 aliphatic carbocycles. The Balaban J connectivity index is 2.88. The molecule has 0 radical (unpaired) electrons. The van der Waals surface area contributed by atoms with Crippen LogP contribution >= 0.6 is 11.6 Å². The maximum atomic E-state index is 10.8. The Kier molecular flexibility index (Phi) is 2.01. The van der Waals surface area contributed by atoms with E-state index in [-0.39, 0.29) is 22.6 Å². The molecule has 7 heteroatoms. The van der Waals surface area contributed by atoms with Crippen molar-refractivity contribution in [1.82, 2.24) is 9.97 Å². The molecule has 0 aromatic carbocycles. The topological polar surface area (TPSA) is 102 Å². The molecule has 6 nitrogen and oxygen atoms in total. The molecule has 0 aliphatic heterocycles. The molecule has 0 saturated carbocycles. The number of carboxylic acid groups (broad SMARTS) is 1. The van der Waals surface area contributed by atoms with Gasteiger partial charge in [0.2, 0.25) is 17.4 Å². The van der Waals surface area contributed by atoms with Crippen LogP contribution in [-0.4, -0.2) is 21.0 Å². The van der Waals surface area contributed by atoms with Crippen molar-refractivity contribution in [3.8, 4) is 0 Å². The normalized spacial score (nSPS) is 10.8. The Labute approximate surface area is 88.7 Å². The standard InChI is InChI=1S/C8H6ClN3O3/c1-2-3-5(9)11-8(10)12-6(3)15-4(2)7(13)14/h1H3,(H,13,14)(H2,10,11,12). The van der Waals surface area contributed by atoms with Gasteiger partial charge in [-0.05, 0) is 6.92 Å². The van der Waals surface area contributed by atoms with Crippen LogP contribution in [0, 0.1) is 6.92 Å². The number of halogens is 1. The number of fused-ring (bicyclic) bond motifs is 1. The van der Waals surface area contributed by atoms with Crippen molar-refractivity contribution in [3.63, 3.8) is 0 Å². The molecule has 0 spiro atoms. The molecule has 3 N–H and O–H groups in total. The molecule has 2 heterocycles. The highest BCUT2D eigenvalue weighted by Crippen LogP contribution is 2.29. The molecule has 15 heavy (non-hydrogen) atoms. The first-order valence-electron chi connectivity index (χ1n) is 3.96. The molecule has 0 saturated heterocycles. The van der Waals surface area contributed by atoms with Gasteiger partial charge in [0.15, 0.2) is 0 Å². The smallest absolute Gasteiger partial charge is 0.372 e. The maximum absolute atomic E-state index is 10.8. The Hall–Kier alpha value is -1.82. The van der Waals surface area contributed by atoms with Crippen LogP contribution in [0.25, 0.3) is 11.1 Å². The van der Waals surface area contributed by atoms with Crippen molar-refractivity contribution >= 4 is 34.6 Å². The monoisotopic (exact) mass is 227 g/mol. The molecule has 0 unspecified atom stereocenters. The summed E-state index contributed by atoms with van der Waals surface area (Å²) in [4.78, 5) is 18.2. The van der Waals surface area contributed by atoms with Gasteiger partial charge in [0.25, 0.3) is 0 Å². The molecule has 2 rings (SSSR count). The molecule has 0 aliphatic rings. The number of furan rings is 1. The molecule has 2 aromatic heterocycles. The summed E-state index contributed by atoms with van der Waals surface area (Å²) < 4.78 is 5.01. The first-order valence-corrected chi connectivity index (χ1v) is 4.34. The molecular weight excluding hydrogens is 222 g/mol. The van der Waals surface area contributed by atoms with Crippen molar-refractivity contribution in [2.24, 2.45) is 0 Å². The number of aryl methyl sites for hydroxylation is 1. The lowest BCUT2D eigenvalue weighted by Crippen LogP contribution is -1.95. The summed E-state index contributed by atoms with van der Waals surface area (Å²) in [5, 5.41) is 9.28. The Morgan fingerprint density at radius 1 is 1.53 bits per heavy atom. The summed E-state index contributed by atoms with van der Waals surface area (Å²) in [6.07, 6.45) is 0. The van der Waals surface area contributed by atoms with E-state index in [2.05, 4.69) is 9.97 Å². The van der Waals surface area contributed by atoms with Crippen LogP contribution in [0.1, 0.15) is 16.1 Å². The summed E-state index contributed by atoms with van der Waals surface area (Å²) in [6, 6.07) is 0. The van der Waals surface area contributed by atoms with E-state index in [9.17, 15) is 4.79 Å². The fourth-order valence-electron chi connectivity index (χ4n) is 1.31. The van der Waals surface area contributed by atoms with Gasteiger partial charge in [0.05, 0.1) is 5.39 Å². The fourth-order valence-corrected chi connectivity index (χ4v) is 1.62. The summed E-state index contributed by atoms with van der Waals surface area (Å²) in [5.41, 5.74) is 5.82. The SMILES string of the molecule is Cc1c(C(=O)O)oc2nc(N)nc(Cl)c12. The number of rotatable bonds is 1. The first kappa shape index (κ1) is 9.72. The lowest BCUT2D eigenvalue weighted by Gasteiger charge is -1.94. The number of aromatic nitrogens is 2. The molecule has 0 amide bonds. The van der Waals surface area contributed by atoms with Crippen LogP contribution in [0.3, 0.4) is 0 Å². The van der Waals surface area contributed by atoms with Crippen LogP contribution in [0.15, 0.2) is 4.42 Å². The van der Waals surface area contributed by atoms with Gasteiger partial charge in [-0.1, -0.05) is 11.6 Å². The summed E-state index contributed by atoms with van der Waals surface area (Å²) in [6.45, 7) is 1.57. The number of nitrogens with zero attached hydrogens (tertiary/aromatic N) is 2. The third-order valence-electron chi connectivity index (χ3n) is 1.96. The highest BCUT2D eigenvalue weighted by Gasteiger charge is 2.20. The van der Waals surface area contributed by atoms with Gasteiger partial charge >= 0.3 is 5.97 Å². The van der Waals surface area contributed by atoms with Gasteiger partial charge < -0.3 is 15.3 Å². The molecule has 0 bridgehead atoms. The second-order valence-electron chi connectivity index (χ2n) is 2.91. The third kappa shape index (κ3) is 1.39. The quantitative estimate of drug-likeness (QED) is 0.715. The average molecular weight is 228 g/mol. The number of anilines is 1. The molecular formula is C8H6ClN3O3. The van der Waals surface area contributed by atoms with E-state index in [0.29, 0.717) is 10.9 Å². The second kappa shape index (κ2) is 3.09. The van der Waals surface area contributed by atoms with Gasteiger partial charge in [-0.15, -0.1) is 0 Å². The average Bonchev–Trinajstić information content (AvgIpc) is 2.42. The van der Waals surface area contributed by atoms with Crippen LogP contribution in [0.2, 0.25) is 5.15 Å². The zero-order valence-corrected chi connectivity index (χ0v) is 8.37.